The predicted molar refractivity (Wildman–Crippen MR) is 160 cm³/mol. The van der Waals surface area contributed by atoms with Crippen molar-refractivity contribution in [1.29, 1.82) is 0 Å². The summed E-state index contributed by atoms with van der Waals surface area (Å²) in [6.45, 7) is 0.739. The number of ether oxygens (including phenoxy) is 2. The summed E-state index contributed by atoms with van der Waals surface area (Å²) in [6, 6.07) is 37.3. The van der Waals surface area contributed by atoms with Crippen molar-refractivity contribution in [3.05, 3.63) is 138 Å². The minimum Gasteiger partial charge on any atom is -0.496 e. The van der Waals surface area contributed by atoms with Crippen LogP contribution in [0.15, 0.2) is 115 Å². The van der Waals surface area contributed by atoms with Gasteiger partial charge in [-0.1, -0.05) is 103 Å². The van der Waals surface area contributed by atoms with Crippen LogP contribution in [0.3, 0.4) is 0 Å². The molecule has 1 unspecified atom stereocenters. The number of para-hydroxylation sites is 2. The van der Waals surface area contributed by atoms with Crippen molar-refractivity contribution in [3.8, 4) is 11.5 Å². The number of methoxy groups -OCH3 is 2. The second kappa shape index (κ2) is 11.1. The average molecular weight is 530 g/mol. The highest BCUT2D eigenvalue weighted by Gasteiger charge is 2.55. The number of allylic oxidation sites excluding steroid dienone is 1. The molecule has 0 amide bonds. The normalized spacial score (nSPS) is 21.2. The van der Waals surface area contributed by atoms with Crippen LogP contribution in [0.25, 0.3) is 5.57 Å². The van der Waals surface area contributed by atoms with Gasteiger partial charge in [0, 0.05) is 35.4 Å². The van der Waals surface area contributed by atoms with Gasteiger partial charge in [-0.2, -0.15) is 0 Å². The average Bonchev–Trinajstić information content (AvgIpc) is 3.48. The van der Waals surface area contributed by atoms with Gasteiger partial charge in [0.2, 0.25) is 0 Å². The molecule has 2 aliphatic rings. The van der Waals surface area contributed by atoms with E-state index in [1.807, 2.05) is 36.4 Å². The molecule has 1 saturated heterocycles. The van der Waals surface area contributed by atoms with Crippen molar-refractivity contribution in [1.82, 2.24) is 5.32 Å². The highest BCUT2D eigenvalue weighted by atomic mass is 16.5. The quantitative estimate of drug-likeness (QED) is 0.283. The molecule has 3 atom stereocenters. The first kappa shape index (κ1) is 26.1. The van der Waals surface area contributed by atoms with Gasteiger partial charge >= 0.3 is 0 Å². The maximum Gasteiger partial charge on any atom is 0.154 e. The molecule has 202 valence electrons. The first-order valence-electron chi connectivity index (χ1n) is 14.0. The summed E-state index contributed by atoms with van der Waals surface area (Å²) in [6.07, 6.45) is 3.52. The number of nitrogens with one attached hydrogen (secondary N) is 1. The lowest BCUT2D eigenvalue weighted by molar-refractivity contribution is -0.120. The Hall–Kier alpha value is -4.15. The zero-order chi connectivity index (χ0) is 27.5. The fourth-order valence-electron chi connectivity index (χ4n) is 7.11. The van der Waals surface area contributed by atoms with E-state index in [0.29, 0.717) is 6.42 Å². The molecule has 1 aliphatic carbocycles. The Morgan fingerprint density at radius 2 is 1.35 bits per heavy atom. The van der Waals surface area contributed by atoms with E-state index in [1.165, 1.54) is 16.7 Å². The van der Waals surface area contributed by atoms with E-state index in [-0.39, 0.29) is 29.1 Å². The first-order chi connectivity index (χ1) is 19.7. The van der Waals surface area contributed by atoms with Gasteiger partial charge in [-0.3, -0.25) is 4.79 Å². The van der Waals surface area contributed by atoms with Crippen molar-refractivity contribution in [2.24, 2.45) is 11.8 Å². The minimum atomic E-state index is -0.335. The lowest BCUT2D eigenvalue weighted by atomic mass is 9.55. The lowest BCUT2D eigenvalue weighted by Crippen LogP contribution is -2.45. The number of hydrogen-bond donors (Lipinski definition) is 1. The van der Waals surface area contributed by atoms with Gasteiger partial charge in [-0.25, -0.2) is 0 Å². The van der Waals surface area contributed by atoms with Crippen molar-refractivity contribution >= 4 is 11.4 Å². The molecule has 0 spiro atoms. The summed E-state index contributed by atoms with van der Waals surface area (Å²) >= 11 is 0. The highest BCUT2D eigenvalue weighted by molar-refractivity contribution is 5.91. The highest BCUT2D eigenvalue weighted by Crippen LogP contribution is 2.56. The number of rotatable bonds is 8. The van der Waals surface area contributed by atoms with E-state index in [1.54, 1.807) is 14.2 Å². The molecule has 1 N–H and O–H groups in total. The Morgan fingerprint density at radius 3 is 2.00 bits per heavy atom. The van der Waals surface area contributed by atoms with Crippen LogP contribution in [0.4, 0.5) is 0 Å². The molecule has 0 aromatic heterocycles. The topological polar surface area (TPSA) is 47.6 Å². The van der Waals surface area contributed by atoms with Gasteiger partial charge in [0.15, 0.2) is 5.78 Å². The van der Waals surface area contributed by atoms with Crippen LogP contribution in [0.5, 0.6) is 11.5 Å². The van der Waals surface area contributed by atoms with Crippen LogP contribution in [0.2, 0.25) is 0 Å². The summed E-state index contributed by atoms with van der Waals surface area (Å²) in [5.74, 6) is 1.89. The van der Waals surface area contributed by atoms with Gasteiger partial charge in [0.05, 0.1) is 20.3 Å². The van der Waals surface area contributed by atoms with Crippen LogP contribution >= 0.6 is 0 Å². The third-order valence-corrected chi connectivity index (χ3v) is 8.89. The number of benzene rings is 4. The zero-order valence-electron chi connectivity index (χ0n) is 23.0. The Morgan fingerprint density at radius 1 is 0.775 bits per heavy atom. The third-order valence-electron chi connectivity index (χ3n) is 8.89. The Labute approximate surface area is 236 Å². The van der Waals surface area contributed by atoms with Crippen molar-refractivity contribution in [3.63, 3.8) is 0 Å². The molecule has 4 nitrogen and oxygen atoms in total. The molecular formula is C36H35NO3. The van der Waals surface area contributed by atoms with E-state index in [2.05, 4.69) is 84.2 Å². The number of carbonyl (C=O) groups is 1. The van der Waals surface area contributed by atoms with Crippen LogP contribution in [-0.2, 0) is 16.6 Å². The Kier molecular flexibility index (Phi) is 7.27. The molecule has 6 rings (SSSR count). The van der Waals surface area contributed by atoms with E-state index in [0.717, 1.165) is 35.6 Å². The number of fused-ring (bicyclic) bond motifs is 1. The predicted octanol–water partition coefficient (Wildman–Crippen LogP) is 6.49. The number of Topliss-reactive ketones (excluding diaryl/α,β-unsaturated/α-hetero) is 1. The van der Waals surface area contributed by atoms with Gasteiger partial charge in [0.1, 0.15) is 11.5 Å². The van der Waals surface area contributed by atoms with Gasteiger partial charge in [-0.05, 0) is 41.2 Å². The second-order valence-corrected chi connectivity index (χ2v) is 10.7. The van der Waals surface area contributed by atoms with E-state index in [4.69, 9.17) is 9.47 Å². The smallest absolute Gasteiger partial charge is 0.154 e. The molecule has 1 aliphatic heterocycles. The molecule has 0 bridgehead atoms. The van der Waals surface area contributed by atoms with E-state index in [9.17, 15) is 4.79 Å². The maximum absolute atomic E-state index is 14.2. The fraction of sp³-hybridized carbons (Fsp3) is 0.250. The fourth-order valence-corrected chi connectivity index (χ4v) is 7.11. The van der Waals surface area contributed by atoms with Crippen molar-refractivity contribution in [2.75, 3.05) is 20.8 Å². The maximum atomic E-state index is 14.2. The van der Waals surface area contributed by atoms with Crippen LogP contribution in [-0.4, -0.2) is 32.6 Å². The zero-order valence-corrected chi connectivity index (χ0v) is 23.0. The molecule has 40 heavy (non-hydrogen) atoms. The van der Waals surface area contributed by atoms with E-state index < -0.39 is 0 Å². The molecule has 4 aromatic carbocycles. The second-order valence-electron chi connectivity index (χ2n) is 10.7. The molecule has 0 radical (unpaired) electrons. The van der Waals surface area contributed by atoms with Crippen molar-refractivity contribution < 1.29 is 14.3 Å². The minimum absolute atomic E-state index is 0.0346. The molecule has 1 heterocycles. The summed E-state index contributed by atoms with van der Waals surface area (Å²) in [5.41, 5.74) is 5.46. The largest absolute Gasteiger partial charge is 0.496 e. The molecule has 4 aromatic rings. The van der Waals surface area contributed by atoms with Crippen molar-refractivity contribution in [2.45, 2.75) is 24.3 Å². The molecule has 0 saturated carbocycles. The lowest BCUT2D eigenvalue weighted by Gasteiger charge is -2.47. The summed E-state index contributed by atoms with van der Waals surface area (Å²) in [5, 5.41) is 3.72. The van der Waals surface area contributed by atoms with Crippen LogP contribution < -0.4 is 14.8 Å². The summed E-state index contributed by atoms with van der Waals surface area (Å²) < 4.78 is 11.4. The molecular weight excluding hydrogens is 494 g/mol. The van der Waals surface area contributed by atoms with Gasteiger partial charge in [-0.15, -0.1) is 0 Å². The van der Waals surface area contributed by atoms with Crippen LogP contribution in [0, 0.1) is 11.8 Å². The Bertz CT molecular complexity index is 1470. The number of hydrogen-bond acceptors (Lipinski definition) is 4. The van der Waals surface area contributed by atoms with Gasteiger partial charge in [0.25, 0.3) is 0 Å². The molecule has 1 fully saturated rings. The standard InChI is InChI=1S/C36H35NO3/c1-39-32-19-11-9-13-25(32)23-31(38)35-34-29(28-18-10-12-20-33(28)40-2)21-22-36(30(34)24-37-35,26-14-5-3-6-15-26)27-16-7-4-8-17-27/h3-21,30,34-35,37H,22-24H2,1-2H3/t30-,34-,35?/m0/s1. The number of carbonyl (C=O) groups excluding carboxylic acids is 1. The summed E-state index contributed by atoms with van der Waals surface area (Å²) in [7, 11) is 3.38. The Balaban J connectivity index is 1.50. The summed E-state index contributed by atoms with van der Waals surface area (Å²) in [4.78, 5) is 14.2. The monoisotopic (exact) mass is 529 g/mol. The van der Waals surface area contributed by atoms with Crippen LogP contribution in [0.1, 0.15) is 28.7 Å². The van der Waals surface area contributed by atoms with Gasteiger partial charge < -0.3 is 14.8 Å². The SMILES string of the molecule is COc1ccccc1CC(=O)C1NC[C@H]2[C@@H]1C(c1ccccc1OC)=CCC2(c1ccccc1)c1ccccc1. The first-order valence-corrected chi connectivity index (χ1v) is 14.0. The third kappa shape index (κ3) is 4.43. The molecule has 4 heteroatoms. The number of ketones is 1. The van der Waals surface area contributed by atoms with E-state index >= 15 is 0 Å².